The number of allylic oxidation sites excluding steroid dienone is 1. The molecule has 114 valence electrons. The molecule has 1 aromatic carbocycles. The lowest BCUT2D eigenvalue weighted by molar-refractivity contribution is 0.0134. The Balaban J connectivity index is 1.82. The standard InChI is InChI=1S/C18H26N2O/c1-20(2)17-10-8-16(9-11-17)7-6-14-19-15-18(21)12-4-3-5-13-18/h6-11,14,21H,3-5,12-13,15H2,1-2H3/b7-6+,19-14?. The predicted molar refractivity (Wildman–Crippen MR) is 91.2 cm³/mol. The zero-order valence-electron chi connectivity index (χ0n) is 13.1. The summed E-state index contributed by atoms with van der Waals surface area (Å²) in [6.45, 7) is 0.525. The quantitative estimate of drug-likeness (QED) is 0.841. The van der Waals surface area contributed by atoms with Gasteiger partial charge in [-0.15, -0.1) is 0 Å². The summed E-state index contributed by atoms with van der Waals surface area (Å²) in [6, 6.07) is 8.38. The van der Waals surface area contributed by atoms with E-state index in [1.54, 1.807) is 6.21 Å². The highest BCUT2D eigenvalue weighted by Gasteiger charge is 2.28. The van der Waals surface area contributed by atoms with E-state index in [2.05, 4.69) is 34.2 Å². The SMILES string of the molecule is CN(C)c1ccc(/C=C/C=NCC2(O)CCCCC2)cc1. The Morgan fingerprint density at radius 3 is 2.43 bits per heavy atom. The number of aliphatic imine (C=N–C) groups is 1. The van der Waals surface area contributed by atoms with Crippen molar-refractivity contribution in [3.63, 3.8) is 0 Å². The molecule has 1 N–H and O–H groups in total. The third-order valence-corrected chi connectivity index (χ3v) is 4.06. The lowest BCUT2D eigenvalue weighted by Crippen LogP contribution is -2.34. The molecule has 0 radical (unpaired) electrons. The molecule has 1 aliphatic carbocycles. The molecule has 1 aromatic rings. The Kier molecular flexibility index (Phi) is 5.57. The largest absolute Gasteiger partial charge is 0.388 e. The first-order chi connectivity index (χ1) is 10.1. The molecule has 21 heavy (non-hydrogen) atoms. The summed E-state index contributed by atoms with van der Waals surface area (Å²) in [5.41, 5.74) is 1.79. The van der Waals surface area contributed by atoms with E-state index in [1.807, 2.05) is 26.2 Å². The molecular formula is C18H26N2O. The van der Waals surface area contributed by atoms with Crippen LogP contribution < -0.4 is 4.90 Å². The molecule has 2 rings (SSSR count). The Hall–Kier alpha value is -1.61. The van der Waals surface area contributed by atoms with Crippen LogP contribution in [0.25, 0.3) is 6.08 Å². The van der Waals surface area contributed by atoms with Gasteiger partial charge >= 0.3 is 0 Å². The van der Waals surface area contributed by atoms with Crippen LogP contribution in [-0.4, -0.2) is 37.6 Å². The number of hydrogen-bond donors (Lipinski definition) is 1. The van der Waals surface area contributed by atoms with Gasteiger partial charge in [-0.25, -0.2) is 0 Å². The summed E-state index contributed by atoms with van der Waals surface area (Å²) < 4.78 is 0. The molecule has 3 heteroatoms. The van der Waals surface area contributed by atoms with E-state index in [1.165, 1.54) is 12.1 Å². The zero-order chi connectivity index (χ0) is 15.1. The second kappa shape index (κ2) is 7.41. The summed E-state index contributed by atoms with van der Waals surface area (Å²) in [7, 11) is 4.07. The normalized spacial score (nSPS) is 18.4. The summed E-state index contributed by atoms with van der Waals surface area (Å²) in [6.07, 6.45) is 11.0. The van der Waals surface area contributed by atoms with Gasteiger partial charge in [0.1, 0.15) is 0 Å². The van der Waals surface area contributed by atoms with E-state index in [9.17, 15) is 5.11 Å². The van der Waals surface area contributed by atoms with Gasteiger partial charge in [0.25, 0.3) is 0 Å². The van der Waals surface area contributed by atoms with Gasteiger partial charge in [0.05, 0.1) is 12.1 Å². The summed E-state index contributed by atoms with van der Waals surface area (Å²) in [5.74, 6) is 0. The van der Waals surface area contributed by atoms with Crippen molar-refractivity contribution in [2.24, 2.45) is 4.99 Å². The van der Waals surface area contributed by atoms with Crippen molar-refractivity contribution in [1.82, 2.24) is 0 Å². The minimum atomic E-state index is -0.560. The van der Waals surface area contributed by atoms with Crippen molar-refractivity contribution in [3.05, 3.63) is 35.9 Å². The fourth-order valence-corrected chi connectivity index (χ4v) is 2.69. The molecule has 0 saturated heterocycles. The van der Waals surface area contributed by atoms with E-state index >= 15 is 0 Å². The van der Waals surface area contributed by atoms with Crippen LogP contribution in [0.4, 0.5) is 5.69 Å². The van der Waals surface area contributed by atoms with Crippen LogP contribution in [0, 0.1) is 0 Å². The number of nitrogens with zero attached hydrogens (tertiary/aromatic N) is 2. The molecule has 1 aliphatic rings. The van der Waals surface area contributed by atoms with E-state index in [0.29, 0.717) is 6.54 Å². The van der Waals surface area contributed by atoms with Crippen molar-refractivity contribution in [3.8, 4) is 0 Å². The number of hydrogen-bond acceptors (Lipinski definition) is 3. The Bertz CT molecular complexity index is 482. The number of benzene rings is 1. The molecule has 0 atom stereocenters. The monoisotopic (exact) mass is 286 g/mol. The first kappa shape index (κ1) is 15.8. The second-order valence-corrected chi connectivity index (χ2v) is 6.12. The van der Waals surface area contributed by atoms with Crippen molar-refractivity contribution < 1.29 is 5.11 Å². The van der Waals surface area contributed by atoms with Gasteiger partial charge in [-0.1, -0.05) is 37.5 Å². The molecule has 3 nitrogen and oxygen atoms in total. The predicted octanol–water partition coefficient (Wildman–Crippen LogP) is 3.53. The van der Waals surface area contributed by atoms with Crippen LogP contribution in [0.3, 0.4) is 0 Å². The molecule has 1 saturated carbocycles. The second-order valence-electron chi connectivity index (χ2n) is 6.12. The van der Waals surface area contributed by atoms with Gasteiger partial charge in [0.2, 0.25) is 0 Å². The Morgan fingerprint density at radius 1 is 1.14 bits per heavy atom. The number of rotatable bonds is 5. The van der Waals surface area contributed by atoms with Crippen molar-refractivity contribution in [2.75, 3.05) is 25.5 Å². The minimum absolute atomic E-state index is 0.525. The Morgan fingerprint density at radius 2 is 1.81 bits per heavy atom. The van der Waals surface area contributed by atoms with Gasteiger partial charge < -0.3 is 10.0 Å². The zero-order valence-corrected chi connectivity index (χ0v) is 13.1. The first-order valence-corrected chi connectivity index (χ1v) is 7.75. The lowest BCUT2D eigenvalue weighted by atomic mass is 9.85. The van der Waals surface area contributed by atoms with Crippen LogP contribution in [0.5, 0.6) is 0 Å². The maximum atomic E-state index is 10.3. The molecule has 1 fully saturated rings. The van der Waals surface area contributed by atoms with Crippen molar-refractivity contribution in [2.45, 2.75) is 37.7 Å². The van der Waals surface area contributed by atoms with E-state index in [-0.39, 0.29) is 0 Å². The average Bonchev–Trinajstić information content (AvgIpc) is 2.48. The van der Waals surface area contributed by atoms with Crippen molar-refractivity contribution >= 4 is 18.0 Å². The molecule has 0 amide bonds. The Labute approximate surface area is 128 Å². The third-order valence-electron chi connectivity index (χ3n) is 4.06. The fraction of sp³-hybridized carbons (Fsp3) is 0.500. The summed E-state index contributed by atoms with van der Waals surface area (Å²) in [5, 5.41) is 10.3. The molecule has 0 aromatic heterocycles. The van der Waals surface area contributed by atoms with Crippen LogP contribution in [0.2, 0.25) is 0 Å². The fourth-order valence-electron chi connectivity index (χ4n) is 2.69. The van der Waals surface area contributed by atoms with Crippen LogP contribution in [-0.2, 0) is 0 Å². The summed E-state index contributed by atoms with van der Waals surface area (Å²) >= 11 is 0. The maximum absolute atomic E-state index is 10.3. The molecule has 0 heterocycles. The minimum Gasteiger partial charge on any atom is -0.388 e. The molecular weight excluding hydrogens is 260 g/mol. The molecule has 0 spiro atoms. The molecule has 0 unspecified atom stereocenters. The van der Waals surface area contributed by atoms with E-state index in [0.717, 1.165) is 31.2 Å². The first-order valence-electron chi connectivity index (χ1n) is 7.75. The van der Waals surface area contributed by atoms with Gasteiger partial charge in [-0.2, -0.15) is 0 Å². The van der Waals surface area contributed by atoms with Gasteiger partial charge in [0, 0.05) is 26.0 Å². The van der Waals surface area contributed by atoms with Gasteiger partial charge in [0.15, 0.2) is 0 Å². The van der Waals surface area contributed by atoms with Crippen LogP contribution in [0.1, 0.15) is 37.7 Å². The molecule has 0 bridgehead atoms. The smallest absolute Gasteiger partial charge is 0.0842 e. The van der Waals surface area contributed by atoms with Gasteiger partial charge in [-0.05, 0) is 36.6 Å². The topological polar surface area (TPSA) is 35.8 Å². The number of anilines is 1. The van der Waals surface area contributed by atoms with Crippen LogP contribution in [0.15, 0.2) is 35.3 Å². The molecule has 0 aliphatic heterocycles. The average molecular weight is 286 g/mol. The van der Waals surface area contributed by atoms with Gasteiger partial charge in [-0.3, -0.25) is 4.99 Å². The number of aliphatic hydroxyl groups is 1. The highest BCUT2D eigenvalue weighted by Crippen LogP contribution is 2.27. The lowest BCUT2D eigenvalue weighted by Gasteiger charge is -2.30. The van der Waals surface area contributed by atoms with Crippen molar-refractivity contribution in [1.29, 1.82) is 0 Å². The highest BCUT2D eigenvalue weighted by molar-refractivity contribution is 5.78. The maximum Gasteiger partial charge on any atom is 0.0842 e. The summed E-state index contributed by atoms with van der Waals surface area (Å²) in [4.78, 5) is 6.44. The van der Waals surface area contributed by atoms with E-state index in [4.69, 9.17) is 0 Å². The highest BCUT2D eigenvalue weighted by atomic mass is 16.3. The van der Waals surface area contributed by atoms with E-state index < -0.39 is 5.60 Å². The third kappa shape index (κ3) is 5.01. The van der Waals surface area contributed by atoms with Crippen LogP contribution >= 0.6 is 0 Å².